The molecule has 5 nitrogen and oxygen atoms in total. The number of benzene rings is 2. The summed E-state index contributed by atoms with van der Waals surface area (Å²) in [5, 5.41) is 18.3. The van der Waals surface area contributed by atoms with E-state index < -0.39 is 0 Å². The number of aliphatic hydroxyl groups excluding tert-OH is 1. The molecule has 0 spiro atoms. The Morgan fingerprint density at radius 2 is 2.12 bits per heavy atom. The summed E-state index contributed by atoms with van der Waals surface area (Å²) in [4.78, 5) is 14.3. The predicted molar refractivity (Wildman–Crippen MR) is 93.0 cm³/mol. The smallest absolute Gasteiger partial charge is 0.253 e. The van der Waals surface area contributed by atoms with Gasteiger partial charge in [0.05, 0.1) is 11.6 Å². The van der Waals surface area contributed by atoms with Gasteiger partial charge in [0.15, 0.2) is 0 Å². The van der Waals surface area contributed by atoms with E-state index in [1.54, 1.807) is 35.2 Å². The molecule has 2 aromatic carbocycles. The van der Waals surface area contributed by atoms with Crippen molar-refractivity contribution in [2.24, 2.45) is 5.92 Å². The molecule has 0 bridgehead atoms. The van der Waals surface area contributed by atoms with Crippen LogP contribution in [0.2, 0.25) is 0 Å². The molecule has 5 heteroatoms. The summed E-state index contributed by atoms with van der Waals surface area (Å²) >= 11 is 0. The molecule has 1 saturated heterocycles. The monoisotopic (exact) mass is 336 g/mol. The highest BCUT2D eigenvalue weighted by Crippen LogP contribution is 2.21. The summed E-state index contributed by atoms with van der Waals surface area (Å²) < 4.78 is 5.77. The van der Waals surface area contributed by atoms with E-state index in [0.29, 0.717) is 30.0 Å². The number of hydrogen-bond donors (Lipinski definition) is 1. The lowest BCUT2D eigenvalue weighted by Gasteiger charge is -2.17. The number of nitrogens with zero attached hydrogens (tertiary/aromatic N) is 2. The zero-order valence-electron chi connectivity index (χ0n) is 13.9. The zero-order valence-corrected chi connectivity index (χ0v) is 13.9. The minimum absolute atomic E-state index is 0.0428. The fraction of sp³-hybridized carbons (Fsp3) is 0.300. The van der Waals surface area contributed by atoms with Crippen molar-refractivity contribution in [1.82, 2.24) is 4.90 Å². The third-order valence-corrected chi connectivity index (χ3v) is 4.44. The number of aliphatic hydroxyl groups is 1. The molecule has 1 aliphatic heterocycles. The first-order valence-corrected chi connectivity index (χ1v) is 8.32. The van der Waals surface area contributed by atoms with Crippen molar-refractivity contribution in [3.05, 3.63) is 65.2 Å². The summed E-state index contributed by atoms with van der Waals surface area (Å²) in [7, 11) is 0. The number of nitriles is 1. The van der Waals surface area contributed by atoms with Crippen molar-refractivity contribution >= 4 is 5.91 Å². The van der Waals surface area contributed by atoms with Crippen LogP contribution in [0.3, 0.4) is 0 Å². The molecule has 0 radical (unpaired) electrons. The van der Waals surface area contributed by atoms with Crippen molar-refractivity contribution in [3.63, 3.8) is 0 Å². The van der Waals surface area contributed by atoms with Gasteiger partial charge in [0.1, 0.15) is 12.4 Å². The number of carbonyl (C=O) groups excluding carboxylic acids is 1. The predicted octanol–water partition coefficient (Wildman–Crippen LogP) is 2.59. The summed E-state index contributed by atoms with van der Waals surface area (Å²) in [5.41, 5.74) is 1.97. The highest BCUT2D eigenvalue weighted by atomic mass is 16.5. The second-order valence-corrected chi connectivity index (χ2v) is 6.17. The Hall–Kier alpha value is -2.84. The Morgan fingerprint density at radius 3 is 2.88 bits per heavy atom. The van der Waals surface area contributed by atoms with Crippen molar-refractivity contribution in [1.29, 1.82) is 5.26 Å². The molecule has 1 atom stereocenters. The maximum absolute atomic E-state index is 12.6. The Morgan fingerprint density at radius 1 is 1.28 bits per heavy atom. The molecule has 0 aromatic heterocycles. The van der Waals surface area contributed by atoms with Crippen LogP contribution in [0.5, 0.6) is 5.75 Å². The zero-order chi connectivity index (χ0) is 17.6. The minimum atomic E-state index is -0.0428. The van der Waals surface area contributed by atoms with Crippen molar-refractivity contribution in [2.45, 2.75) is 13.0 Å². The highest BCUT2D eigenvalue weighted by molar-refractivity contribution is 5.94. The maximum Gasteiger partial charge on any atom is 0.253 e. The molecule has 0 unspecified atom stereocenters. The van der Waals surface area contributed by atoms with Crippen LogP contribution in [0, 0.1) is 17.2 Å². The quantitative estimate of drug-likeness (QED) is 0.911. The molecule has 2 aromatic rings. The van der Waals surface area contributed by atoms with Crippen LogP contribution < -0.4 is 4.74 Å². The maximum atomic E-state index is 12.6. The largest absolute Gasteiger partial charge is 0.489 e. The summed E-state index contributed by atoms with van der Waals surface area (Å²) in [6, 6.07) is 16.5. The van der Waals surface area contributed by atoms with Crippen LogP contribution in [-0.4, -0.2) is 35.6 Å². The number of amides is 1. The minimum Gasteiger partial charge on any atom is -0.489 e. The van der Waals surface area contributed by atoms with E-state index in [2.05, 4.69) is 6.07 Å². The van der Waals surface area contributed by atoms with E-state index in [-0.39, 0.29) is 25.0 Å². The van der Waals surface area contributed by atoms with Crippen molar-refractivity contribution in [3.8, 4) is 11.8 Å². The highest BCUT2D eigenvalue weighted by Gasteiger charge is 2.26. The van der Waals surface area contributed by atoms with Gasteiger partial charge in [-0.15, -0.1) is 0 Å². The van der Waals surface area contributed by atoms with Gasteiger partial charge in [-0.3, -0.25) is 4.79 Å². The van der Waals surface area contributed by atoms with Crippen LogP contribution in [0.4, 0.5) is 0 Å². The fourth-order valence-electron chi connectivity index (χ4n) is 2.98. The van der Waals surface area contributed by atoms with Crippen LogP contribution >= 0.6 is 0 Å². The van der Waals surface area contributed by atoms with Crippen LogP contribution in [0.15, 0.2) is 48.5 Å². The van der Waals surface area contributed by atoms with Gasteiger partial charge in [-0.2, -0.15) is 5.26 Å². The molecule has 0 aliphatic carbocycles. The molecule has 25 heavy (non-hydrogen) atoms. The lowest BCUT2D eigenvalue weighted by molar-refractivity contribution is 0.0781. The Bertz CT molecular complexity index is 798. The molecule has 1 amide bonds. The lowest BCUT2D eigenvalue weighted by Crippen LogP contribution is -2.29. The first-order valence-electron chi connectivity index (χ1n) is 8.32. The second-order valence-electron chi connectivity index (χ2n) is 6.17. The second kappa shape index (κ2) is 7.82. The van der Waals surface area contributed by atoms with E-state index in [4.69, 9.17) is 10.00 Å². The normalized spacial score (nSPS) is 16.5. The SMILES string of the molecule is N#Cc1ccccc1COc1cccc(C(=O)N2CC[C@@H](CO)C2)c1. The molecule has 1 heterocycles. The molecule has 1 aliphatic rings. The van der Waals surface area contributed by atoms with E-state index in [1.165, 1.54) is 0 Å². The Labute approximate surface area is 147 Å². The number of carbonyl (C=O) groups is 1. The number of ether oxygens (including phenoxy) is 1. The first-order chi connectivity index (χ1) is 12.2. The van der Waals surface area contributed by atoms with Crippen molar-refractivity contribution in [2.75, 3.05) is 19.7 Å². The Kier molecular flexibility index (Phi) is 5.32. The van der Waals surface area contributed by atoms with Gasteiger partial charge in [0, 0.05) is 36.7 Å². The van der Waals surface area contributed by atoms with E-state index >= 15 is 0 Å². The third-order valence-electron chi connectivity index (χ3n) is 4.44. The standard InChI is InChI=1S/C20H20N2O3/c21-11-17-4-1-2-5-18(17)14-25-19-7-3-6-16(10-19)20(24)22-9-8-15(12-22)13-23/h1-7,10,15,23H,8-9,12-14H2/t15-/m1/s1. The van der Waals surface area contributed by atoms with Gasteiger partial charge < -0.3 is 14.7 Å². The average Bonchev–Trinajstić information content (AvgIpc) is 3.15. The average molecular weight is 336 g/mol. The van der Waals surface area contributed by atoms with Crippen LogP contribution in [0.1, 0.15) is 27.9 Å². The number of rotatable bonds is 5. The van der Waals surface area contributed by atoms with E-state index in [9.17, 15) is 9.90 Å². The molecule has 1 fully saturated rings. The lowest BCUT2D eigenvalue weighted by atomic mass is 10.1. The van der Waals surface area contributed by atoms with Gasteiger partial charge in [0.25, 0.3) is 5.91 Å². The van der Waals surface area contributed by atoms with Gasteiger partial charge in [0.2, 0.25) is 0 Å². The molecule has 0 saturated carbocycles. The molecule has 128 valence electrons. The molecule has 1 N–H and O–H groups in total. The van der Waals surface area contributed by atoms with Gasteiger partial charge in [-0.05, 0) is 30.7 Å². The third kappa shape index (κ3) is 3.98. The van der Waals surface area contributed by atoms with E-state index in [0.717, 1.165) is 12.0 Å². The molecular formula is C20H20N2O3. The number of hydrogen-bond acceptors (Lipinski definition) is 4. The fourth-order valence-corrected chi connectivity index (χ4v) is 2.98. The van der Waals surface area contributed by atoms with Gasteiger partial charge >= 0.3 is 0 Å². The summed E-state index contributed by atoms with van der Waals surface area (Å²) in [5.74, 6) is 0.723. The van der Waals surface area contributed by atoms with Crippen LogP contribution in [-0.2, 0) is 6.61 Å². The topological polar surface area (TPSA) is 73.6 Å². The van der Waals surface area contributed by atoms with Gasteiger partial charge in [-0.25, -0.2) is 0 Å². The molecule has 3 rings (SSSR count). The first kappa shape index (κ1) is 17.0. The summed E-state index contributed by atoms with van der Waals surface area (Å²) in [6.45, 7) is 1.66. The molecular weight excluding hydrogens is 316 g/mol. The summed E-state index contributed by atoms with van der Waals surface area (Å²) in [6.07, 6.45) is 0.837. The van der Waals surface area contributed by atoms with Crippen molar-refractivity contribution < 1.29 is 14.6 Å². The Balaban J connectivity index is 1.67. The van der Waals surface area contributed by atoms with Gasteiger partial charge in [-0.1, -0.05) is 24.3 Å². The van der Waals surface area contributed by atoms with E-state index in [1.807, 2.05) is 18.2 Å². The van der Waals surface area contributed by atoms with Crippen LogP contribution in [0.25, 0.3) is 0 Å². The number of likely N-dealkylation sites (tertiary alicyclic amines) is 1.